The van der Waals surface area contributed by atoms with Gasteiger partial charge in [0.2, 0.25) is 0 Å². The van der Waals surface area contributed by atoms with Crippen LogP contribution in [0.1, 0.15) is 64.6 Å². The number of carbonyl (C=O) groups is 2. The SMILES string of the molecule is O=C(O)CCc1nn(Cc2cn3cc(C4CC4)ccc3n2)cc1C(=O)CCc1ncn2ccc(Cl)cc12. The maximum absolute atomic E-state index is 13.2. The van der Waals surface area contributed by atoms with Crippen LogP contribution in [0.2, 0.25) is 5.02 Å². The number of carboxylic acid groups (broad SMARTS) is 1. The normalized spacial score (nSPS) is 13.5. The molecule has 0 amide bonds. The molecule has 1 aliphatic carbocycles. The summed E-state index contributed by atoms with van der Waals surface area (Å²) < 4.78 is 5.58. The maximum Gasteiger partial charge on any atom is 0.303 e. The van der Waals surface area contributed by atoms with E-state index in [9.17, 15) is 14.7 Å². The number of rotatable bonds is 10. The smallest absolute Gasteiger partial charge is 0.303 e. The molecule has 6 rings (SSSR count). The van der Waals surface area contributed by atoms with E-state index in [1.165, 1.54) is 18.4 Å². The standard InChI is InChI=1S/C27H25ClN6O3/c28-19-9-10-32-16-29-23(24(32)11-19)4-6-25(35)21-15-34(31-22(21)5-8-27(36)37)14-20-13-33-12-18(17-1-2-17)3-7-26(33)30-20/h3,7,9-13,15-17H,1-2,4-6,8,14H2,(H,36,37). The molecule has 10 heteroatoms. The summed E-state index contributed by atoms with van der Waals surface area (Å²) in [5.41, 5.74) is 5.59. The molecule has 5 aromatic rings. The number of ketones is 1. The molecule has 1 fully saturated rings. The van der Waals surface area contributed by atoms with Gasteiger partial charge < -0.3 is 13.9 Å². The number of pyridine rings is 2. The molecule has 1 aliphatic rings. The summed E-state index contributed by atoms with van der Waals surface area (Å²) in [7, 11) is 0. The Labute approximate surface area is 217 Å². The number of aliphatic carboxylic acids is 1. The number of halogens is 1. The number of fused-ring (bicyclic) bond motifs is 2. The lowest BCUT2D eigenvalue weighted by Gasteiger charge is -2.01. The molecule has 0 spiro atoms. The van der Waals surface area contributed by atoms with Crippen molar-refractivity contribution >= 4 is 34.5 Å². The molecule has 0 radical (unpaired) electrons. The largest absolute Gasteiger partial charge is 0.481 e. The Hall–Kier alpha value is -3.98. The summed E-state index contributed by atoms with van der Waals surface area (Å²) in [5, 5.41) is 14.4. The number of Topliss-reactive ketones (excluding diaryl/α,β-unsaturated/α-hetero) is 1. The minimum Gasteiger partial charge on any atom is -0.481 e. The molecule has 5 heterocycles. The van der Waals surface area contributed by atoms with Crippen LogP contribution in [0.25, 0.3) is 11.2 Å². The van der Waals surface area contributed by atoms with E-state index >= 15 is 0 Å². The quantitative estimate of drug-likeness (QED) is 0.272. The third-order valence-corrected chi connectivity index (χ3v) is 7.02. The van der Waals surface area contributed by atoms with Gasteiger partial charge in [-0.25, -0.2) is 9.97 Å². The summed E-state index contributed by atoms with van der Waals surface area (Å²) in [6.45, 7) is 0.387. The van der Waals surface area contributed by atoms with Gasteiger partial charge in [-0.3, -0.25) is 14.3 Å². The van der Waals surface area contributed by atoms with Gasteiger partial charge >= 0.3 is 5.97 Å². The highest BCUT2D eigenvalue weighted by Crippen LogP contribution is 2.39. The van der Waals surface area contributed by atoms with Gasteiger partial charge in [-0.15, -0.1) is 0 Å². The molecule has 0 unspecified atom stereocenters. The van der Waals surface area contributed by atoms with Gasteiger partial charge in [0.25, 0.3) is 0 Å². The second-order valence-corrected chi connectivity index (χ2v) is 10.0. The van der Waals surface area contributed by atoms with Gasteiger partial charge in [0, 0.05) is 42.7 Å². The second-order valence-electron chi connectivity index (χ2n) is 9.57. The van der Waals surface area contributed by atoms with Crippen molar-refractivity contribution in [1.29, 1.82) is 0 Å². The zero-order chi connectivity index (χ0) is 25.5. The van der Waals surface area contributed by atoms with Crippen molar-refractivity contribution in [3.05, 3.63) is 88.6 Å². The van der Waals surface area contributed by atoms with Crippen molar-refractivity contribution in [1.82, 2.24) is 28.5 Å². The van der Waals surface area contributed by atoms with Crippen LogP contribution >= 0.6 is 11.6 Å². The van der Waals surface area contributed by atoms with Gasteiger partial charge in [-0.1, -0.05) is 17.7 Å². The summed E-state index contributed by atoms with van der Waals surface area (Å²) in [6.07, 6.45) is 12.6. The molecule has 5 aromatic heterocycles. The van der Waals surface area contributed by atoms with Crippen molar-refractivity contribution in [2.45, 2.75) is 51.0 Å². The van der Waals surface area contributed by atoms with E-state index in [1.54, 1.807) is 23.3 Å². The lowest BCUT2D eigenvalue weighted by Crippen LogP contribution is -2.06. The van der Waals surface area contributed by atoms with Gasteiger partial charge in [-0.05, 0) is 48.9 Å². The molecule has 9 nitrogen and oxygen atoms in total. The lowest BCUT2D eigenvalue weighted by molar-refractivity contribution is -0.136. The topological polar surface area (TPSA) is 107 Å². The van der Waals surface area contributed by atoms with Gasteiger partial charge in [0.1, 0.15) is 5.65 Å². The lowest BCUT2D eigenvalue weighted by atomic mass is 10.0. The number of hydrogen-bond acceptors (Lipinski definition) is 5. The Morgan fingerprint density at radius 2 is 1.86 bits per heavy atom. The fourth-order valence-electron chi connectivity index (χ4n) is 4.72. The summed E-state index contributed by atoms with van der Waals surface area (Å²) in [4.78, 5) is 33.6. The van der Waals surface area contributed by atoms with Crippen molar-refractivity contribution in [3.63, 3.8) is 0 Å². The Kier molecular flexibility index (Phi) is 6.00. The van der Waals surface area contributed by atoms with Gasteiger partial charge in [0.05, 0.1) is 47.5 Å². The minimum atomic E-state index is -0.930. The summed E-state index contributed by atoms with van der Waals surface area (Å²) in [6, 6.07) is 7.77. The van der Waals surface area contributed by atoms with Crippen molar-refractivity contribution in [3.8, 4) is 0 Å². The Morgan fingerprint density at radius 3 is 2.68 bits per heavy atom. The van der Waals surface area contributed by atoms with Crippen LogP contribution in [0.5, 0.6) is 0 Å². The number of carboxylic acids is 1. The fourth-order valence-corrected chi connectivity index (χ4v) is 4.88. The van der Waals surface area contributed by atoms with Crippen LogP contribution < -0.4 is 0 Å². The predicted molar refractivity (Wildman–Crippen MR) is 137 cm³/mol. The third kappa shape index (κ3) is 4.99. The monoisotopic (exact) mass is 516 g/mol. The molecule has 1 N–H and O–H groups in total. The van der Waals surface area contributed by atoms with E-state index in [-0.39, 0.29) is 25.0 Å². The fraction of sp³-hybridized carbons (Fsp3) is 0.296. The average molecular weight is 517 g/mol. The van der Waals surface area contributed by atoms with E-state index in [4.69, 9.17) is 16.6 Å². The molecule has 188 valence electrons. The number of hydrogen-bond donors (Lipinski definition) is 1. The third-order valence-electron chi connectivity index (χ3n) is 6.78. The molecule has 0 atom stereocenters. The number of carbonyl (C=O) groups excluding carboxylic acids is 1. The first-order chi connectivity index (χ1) is 17.9. The van der Waals surface area contributed by atoms with Crippen molar-refractivity contribution in [2.75, 3.05) is 0 Å². The number of aromatic nitrogens is 6. The first-order valence-corrected chi connectivity index (χ1v) is 12.7. The van der Waals surface area contributed by atoms with Crippen molar-refractivity contribution in [2.24, 2.45) is 0 Å². The van der Waals surface area contributed by atoms with Gasteiger partial charge in [0.15, 0.2) is 5.78 Å². The van der Waals surface area contributed by atoms with E-state index in [0.29, 0.717) is 35.2 Å². The highest BCUT2D eigenvalue weighted by Gasteiger charge is 2.24. The molecule has 0 aromatic carbocycles. The first-order valence-electron chi connectivity index (χ1n) is 12.3. The zero-order valence-corrected chi connectivity index (χ0v) is 20.8. The van der Waals surface area contributed by atoms with Crippen LogP contribution in [0.15, 0.2) is 55.4 Å². The number of aryl methyl sites for hydroxylation is 2. The van der Waals surface area contributed by atoms with Crippen LogP contribution in [0.3, 0.4) is 0 Å². The highest BCUT2D eigenvalue weighted by atomic mass is 35.5. The van der Waals surface area contributed by atoms with E-state index in [2.05, 4.69) is 22.3 Å². The highest BCUT2D eigenvalue weighted by molar-refractivity contribution is 6.30. The van der Waals surface area contributed by atoms with Crippen LogP contribution in [0.4, 0.5) is 0 Å². The van der Waals surface area contributed by atoms with E-state index < -0.39 is 5.97 Å². The first kappa shape index (κ1) is 23.4. The van der Waals surface area contributed by atoms with Crippen LogP contribution in [-0.2, 0) is 24.2 Å². The second kappa shape index (κ2) is 9.48. The van der Waals surface area contributed by atoms with E-state index in [1.807, 2.05) is 33.3 Å². The Bertz CT molecular complexity index is 1640. The predicted octanol–water partition coefficient (Wildman–Crippen LogP) is 4.59. The molecular formula is C27H25ClN6O3. The minimum absolute atomic E-state index is 0.0974. The number of nitrogens with zero attached hydrogens (tertiary/aromatic N) is 6. The van der Waals surface area contributed by atoms with Crippen molar-refractivity contribution < 1.29 is 14.7 Å². The molecule has 0 bridgehead atoms. The zero-order valence-electron chi connectivity index (χ0n) is 20.0. The van der Waals surface area contributed by atoms with Gasteiger partial charge in [-0.2, -0.15) is 5.10 Å². The maximum atomic E-state index is 13.2. The molecule has 0 saturated heterocycles. The van der Waals surface area contributed by atoms with Crippen LogP contribution in [0, 0.1) is 0 Å². The Balaban J connectivity index is 1.22. The molecular weight excluding hydrogens is 492 g/mol. The molecule has 37 heavy (non-hydrogen) atoms. The van der Waals surface area contributed by atoms with E-state index in [0.717, 1.165) is 22.6 Å². The molecule has 1 saturated carbocycles. The average Bonchev–Trinajstić information content (AvgIpc) is 3.35. The molecule has 0 aliphatic heterocycles. The Morgan fingerprint density at radius 1 is 1.03 bits per heavy atom. The summed E-state index contributed by atoms with van der Waals surface area (Å²) >= 11 is 6.13. The number of imidazole rings is 2. The van der Waals surface area contributed by atoms with Crippen LogP contribution in [-0.4, -0.2) is 45.4 Å². The summed E-state index contributed by atoms with van der Waals surface area (Å²) in [5.74, 6) is -0.371.